The number of hydrogen-bond acceptors (Lipinski definition) is 7. The molecule has 1 heterocycles. The fraction of sp³-hybridized carbons (Fsp3) is 0.375. The van der Waals surface area contributed by atoms with Gasteiger partial charge < -0.3 is 19.1 Å². The molecule has 3 aromatic rings. The second kappa shape index (κ2) is 9.64. The van der Waals surface area contributed by atoms with Crippen molar-refractivity contribution in [3.05, 3.63) is 48.3 Å². The van der Waals surface area contributed by atoms with Crippen molar-refractivity contribution >= 4 is 28.4 Å². The molecule has 0 N–H and O–H groups in total. The van der Waals surface area contributed by atoms with Crippen LogP contribution in [0.5, 0.6) is 11.5 Å². The van der Waals surface area contributed by atoms with E-state index in [9.17, 15) is 4.79 Å². The Balaban J connectivity index is 2.01. The average Bonchev–Trinajstić information content (AvgIpc) is 2.76. The quantitative estimate of drug-likeness (QED) is 0.487. The number of aromatic nitrogens is 2. The molecule has 164 valence electrons. The molecular weight excluding hydrogens is 394 g/mol. The molecule has 7 heteroatoms. The molecule has 0 aliphatic heterocycles. The van der Waals surface area contributed by atoms with Gasteiger partial charge >= 0.3 is 5.97 Å². The van der Waals surface area contributed by atoms with E-state index in [0.717, 1.165) is 22.4 Å². The first-order valence-electron chi connectivity index (χ1n) is 10.3. The van der Waals surface area contributed by atoms with Crippen LogP contribution in [-0.4, -0.2) is 42.8 Å². The van der Waals surface area contributed by atoms with Gasteiger partial charge in [-0.05, 0) is 38.1 Å². The second-order valence-corrected chi connectivity index (χ2v) is 7.54. The third-order valence-electron chi connectivity index (χ3n) is 4.93. The number of benzene rings is 2. The number of carbonyl (C=O) groups excluding carboxylic acids is 1. The largest absolute Gasteiger partial charge is 0.493 e. The smallest absolute Gasteiger partial charge is 0.347 e. The van der Waals surface area contributed by atoms with Gasteiger partial charge in [-0.2, -0.15) is 0 Å². The summed E-state index contributed by atoms with van der Waals surface area (Å²) in [5.74, 6) is 2.01. The molecule has 0 aliphatic carbocycles. The molecule has 0 fully saturated rings. The lowest BCUT2D eigenvalue weighted by Gasteiger charge is -2.24. The fourth-order valence-electron chi connectivity index (χ4n) is 3.33. The van der Waals surface area contributed by atoms with Crippen molar-refractivity contribution in [3.63, 3.8) is 0 Å². The first kappa shape index (κ1) is 22.3. The Morgan fingerprint density at radius 2 is 1.84 bits per heavy atom. The molecular formula is C24H29N3O4. The summed E-state index contributed by atoms with van der Waals surface area (Å²) >= 11 is 0. The van der Waals surface area contributed by atoms with E-state index in [-0.39, 0.29) is 5.92 Å². The molecule has 7 nitrogen and oxygen atoms in total. The van der Waals surface area contributed by atoms with Crippen LogP contribution in [0.25, 0.3) is 10.9 Å². The van der Waals surface area contributed by atoms with E-state index in [1.165, 1.54) is 0 Å². The van der Waals surface area contributed by atoms with Crippen LogP contribution < -0.4 is 14.4 Å². The predicted molar refractivity (Wildman–Crippen MR) is 121 cm³/mol. The highest BCUT2D eigenvalue weighted by Gasteiger charge is 2.27. The lowest BCUT2D eigenvalue weighted by Crippen LogP contribution is -2.34. The van der Waals surface area contributed by atoms with E-state index in [1.807, 2.05) is 75.2 Å². The molecule has 0 saturated heterocycles. The maximum Gasteiger partial charge on any atom is 0.347 e. The van der Waals surface area contributed by atoms with Crippen molar-refractivity contribution in [1.82, 2.24) is 9.97 Å². The Morgan fingerprint density at radius 1 is 1.10 bits per heavy atom. The van der Waals surface area contributed by atoms with E-state index in [2.05, 4.69) is 9.97 Å². The summed E-state index contributed by atoms with van der Waals surface area (Å²) in [6.45, 7) is 7.78. The van der Waals surface area contributed by atoms with Gasteiger partial charge in [0.1, 0.15) is 11.6 Å². The number of nitrogens with zero attached hydrogens (tertiary/aromatic N) is 3. The number of methoxy groups -OCH3 is 1. The average molecular weight is 424 g/mol. The summed E-state index contributed by atoms with van der Waals surface area (Å²) in [6, 6.07) is 13.5. The summed E-state index contributed by atoms with van der Waals surface area (Å²) in [5.41, 5.74) is 1.72. The number of aryl methyl sites for hydroxylation is 1. The normalized spacial score (nSPS) is 12.0. The molecule has 0 aliphatic rings. The Bertz CT molecular complexity index is 1070. The molecule has 2 aromatic carbocycles. The summed E-state index contributed by atoms with van der Waals surface area (Å²) in [5, 5.41) is 0.945. The van der Waals surface area contributed by atoms with Crippen molar-refractivity contribution in [2.45, 2.75) is 33.8 Å². The molecule has 1 atom stereocenters. The van der Waals surface area contributed by atoms with Gasteiger partial charge in [0.05, 0.1) is 19.2 Å². The van der Waals surface area contributed by atoms with Gasteiger partial charge in [0.2, 0.25) is 0 Å². The van der Waals surface area contributed by atoms with Crippen LogP contribution in [0, 0.1) is 12.8 Å². The topological polar surface area (TPSA) is 73.8 Å². The minimum Gasteiger partial charge on any atom is -0.493 e. The number of hydrogen-bond donors (Lipinski definition) is 0. The van der Waals surface area contributed by atoms with Crippen LogP contribution in [0.4, 0.5) is 11.5 Å². The number of esters is 1. The van der Waals surface area contributed by atoms with Crippen molar-refractivity contribution in [1.29, 1.82) is 0 Å². The predicted octanol–water partition coefficient (Wildman–Crippen LogP) is 4.68. The maximum atomic E-state index is 12.4. The molecule has 1 aromatic heterocycles. The lowest BCUT2D eigenvalue weighted by atomic mass is 10.1. The molecule has 31 heavy (non-hydrogen) atoms. The van der Waals surface area contributed by atoms with Crippen molar-refractivity contribution in [2.75, 3.05) is 25.7 Å². The SMILES string of the molecule is CCOC(=O)C(Oc1cc(N(C)c2nc(C)nc3ccccc23)ccc1OC)C(C)C. The van der Waals surface area contributed by atoms with Crippen LogP contribution in [-0.2, 0) is 9.53 Å². The van der Waals surface area contributed by atoms with Gasteiger partial charge in [-0.15, -0.1) is 0 Å². The first-order valence-corrected chi connectivity index (χ1v) is 10.3. The van der Waals surface area contributed by atoms with Gasteiger partial charge in [-0.1, -0.05) is 26.0 Å². The number of anilines is 2. The Morgan fingerprint density at radius 3 is 2.52 bits per heavy atom. The number of ether oxygens (including phenoxy) is 3. The molecule has 3 rings (SSSR count). The maximum absolute atomic E-state index is 12.4. The van der Waals surface area contributed by atoms with Gasteiger partial charge in [0.25, 0.3) is 0 Å². The van der Waals surface area contributed by atoms with E-state index in [1.54, 1.807) is 14.0 Å². The van der Waals surface area contributed by atoms with Crippen LogP contribution in [0.3, 0.4) is 0 Å². The van der Waals surface area contributed by atoms with Gasteiger partial charge in [0, 0.05) is 30.1 Å². The number of para-hydroxylation sites is 1. The standard InChI is InChI=1S/C24H29N3O4/c1-7-30-24(28)22(15(2)3)31-21-14-17(12-13-20(21)29-6)27(5)23-18-10-8-9-11-19(18)25-16(4)26-23/h8-15,22H,7H2,1-6H3. The minimum atomic E-state index is -0.739. The second-order valence-electron chi connectivity index (χ2n) is 7.54. The van der Waals surface area contributed by atoms with Crippen molar-refractivity contribution < 1.29 is 19.0 Å². The molecule has 0 saturated carbocycles. The van der Waals surface area contributed by atoms with Gasteiger partial charge in [-0.25, -0.2) is 14.8 Å². The van der Waals surface area contributed by atoms with E-state index in [4.69, 9.17) is 14.2 Å². The molecule has 1 unspecified atom stereocenters. The minimum absolute atomic E-state index is 0.0707. The summed E-state index contributed by atoms with van der Waals surface area (Å²) in [6.07, 6.45) is -0.739. The number of rotatable bonds is 8. The lowest BCUT2D eigenvalue weighted by molar-refractivity contribution is -0.153. The van der Waals surface area contributed by atoms with Crippen LogP contribution in [0.15, 0.2) is 42.5 Å². The number of carbonyl (C=O) groups is 1. The monoisotopic (exact) mass is 423 g/mol. The Kier molecular flexibility index (Phi) is 6.95. The van der Waals surface area contributed by atoms with Crippen molar-refractivity contribution in [2.24, 2.45) is 5.92 Å². The van der Waals surface area contributed by atoms with Crippen LogP contribution >= 0.6 is 0 Å². The third-order valence-corrected chi connectivity index (χ3v) is 4.93. The fourth-order valence-corrected chi connectivity index (χ4v) is 3.33. The molecule has 0 spiro atoms. The Hall–Kier alpha value is -3.35. The Labute approximate surface area is 183 Å². The zero-order valence-corrected chi connectivity index (χ0v) is 18.9. The van der Waals surface area contributed by atoms with Crippen LogP contribution in [0.2, 0.25) is 0 Å². The van der Waals surface area contributed by atoms with E-state index in [0.29, 0.717) is 23.9 Å². The summed E-state index contributed by atoms with van der Waals surface area (Å²) in [7, 11) is 3.51. The van der Waals surface area contributed by atoms with Crippen molar-refractivity contribution in [3.8, 4) is 11.5 Å². The third kappa shape index (κ3) is 4.87. The highest BCUT2D eigenvalue weighted by Crippen LogP contribution is 2.36. The highest BCUT2D eigenvalue weighted by molar-refractivity contribution is 5.91. The van der Waals surface area contributed by atoms with Crippen LogP contribution in [0.1, 0.15) is 26.6 Å². The highest BCUT2D eigenvalue weighted by atomic mass is 16.6. The van der Waals surface area contributed by atoms with E-state index < -0.39 is 12.1 Å². The van der Waals surface area contributed by atoms with Gasteiger partial charge in [-0.3, -0.25) is 0 Å². The summed E-state index contributed by atoms with van der Waals surface area (Å²) < 4.78 is 16.8. The molecule has 0 radical (unpaired) electrons. The summed E-state index contributed by atoms with van der Waals surface area (Å²) in [4.78, 5) is 23.5. The van der Waals surface area contributed by atoms with Gasteiger partial charge in [0.15, 0.2) is 17.6 Å². The molecule has 0 bridgehead atoms. The molecule has 0 amide bonds. The number of fused-ring (bicyclic) bond motifs is 1. The van der Waals surface area contributed by atoms with E-state index >= 15 is 0 Å². The zero-order chi connectivity index (χ0) is 22.5. The zero-order valence-electron chi connectivity index (χ0n) is 18.9. The first-order chi connectivity index (χ1) is 14.8.